The van der Waals surface area contributed by atoms with Gasteiger partial charge in [0.25, 0.3) is 0 Å². The Bertz CT molecular complexity index is 487. The van der Waals surface area contributed by atoms with Crippen LogP contribution in [-0.2, 0) is 14.8 Å². The molecule has 1 unspecified atom stereocenters. The van der Waals surface area contributed by atoms with Crippen LogP contribution in [0.15, 0.2) is 35.2 Å². The molecule has 5 nitrogen and oxygen atoms in total. The molecule has 0 fully saturated rings. The maximum atomic E-state index is 11.9. The first-order valence-electron chi connectivity index (χ1n) is 5.26. The Balaban J connectivity index is 2.83. The van der Waals surface area contributed by atoms with Crippen molar-refractivity contribution in [3.05, 3.63) is 30.3 Å². The third-order valence-electron chi connectivity index (χ3n) is 2.26. The van der Waals surface area contributed by atoms with Crippen LogP contribution in [0.25, 0.3) is 0 Å². The number of hydrogen-bond acceptors (Lipinski definition) is 4. The van der Waals surface area contributed by atoms with Crippen molar-refractivity contribution in [2.24, 2.45) is 0 Å². The average molecular weight is 289 g/mol. The molecule has 0 radical (unpaired) electrons. The number of thioether (sulfide) groups is 1. The number of carboxylic acid groups (broad SMARTS) is 1. The summed E-state index contributed by atoms with van der Waals surface area (Å²) in [5.41, 5.74) is 0. The molecular weight excluding hydrogens is 274 g/mol. The van der Waals surface area contributed by atoms with Gasteiger partial charge in [-0.05, 0) is 30.6 Å². The number of aliphatic carboxylic acids is 1. The fourth-order valence-electron chi connectivity index (χ4n) is 1.32. The Labute approximate surface area is 111 Å². The maximum Gasteiger partial charge on any atom is 0.321 e. The fraction of sp³-hybridized carbons (Fsp3) is 0.364. The first-order valence-corrected chi connectivity index (χ1v) is 8.14. The van der Waals surface area contributed by atoms with Crippen molar-refractivity contribution < 1.29 is 18.3 Å². The molecule has 1 aromatic carbocycles. The molecule has 7 heteroatoms. The molecule has 18 heavy (non-hydrogen) atoms. The highest BCUT2D eigenvalue weighted by molar-refractivity contribution is 7.98. The predicted octanol–water partition coefficient (Wildman–Crippen LogP) is 1.17. The van der Waals surface area contributed by atoms with Crippen LogP contribution < -0.4 is 4.72 Å². The van der Waals surface area contributed by atoms with Crippen LogP contribution in [0.2, 0.25) is 0 Å². The van der Waals surface area contributed by atoms with Crippen molar-refractivity contribution in [2.75, 3.05) is 12.0 Å². The smallest absolute Gasteiger partial charge is 0.321 e. The van der Waals surface area contributed by atoms with Gasteiger partial charge in [-0.2, -0.15) is 16.5 Å². The summed E-state index contributed by atoms with van der Waals surface area (Å²) >= 11 is 1.47. The van der Waals surface area contributed by atoms with Gasteiger partial charge >= 0.3 is 5.97 Å². The second-order valence-corrected chi connectivity index (χ2v) is 6.31. The highest BCUT2D eigenvalue weighted by Gasteiger charge is 2.24. The summed E-state index contributed by atoms with van der Waals surface area (Å²) < 4.78 is 26.1. The molecule has 2 N–H and O–H groups in total. The zero-order valence-electron chi connectivity index (χ0n) is 9.87. The van der Waals surface area contributed by atoms with Crippen LogP contribution in [0.4, 0.5) is 0 Å². The minimum absolute atomic E-state index is 0.0698. The predicted molar refractivity (Wildman–Crippen MR) is 71.2 cm³/mol. The van der Waals surface area contributed by atoms with Crippen molar-refractivity contribution >= 4 is 27.8 Å². The normalized spacial score (nSPS) is 13.2. The van der Waals surface area contributed by atoms with Crippen molar-refractivity contribution in [1.29, 1.82) is 0 Å². The minimum atomic E-state index is -3.78. The zero-order chi connectivity index (χ0) is 13.6. The zero-order valence-corrected chi connectivity index (χ0v) is 11.5. The van der Waals surface area contributed by atoms with Gasteiger partial charge in [-0.1, -0.05) is 18.2 Å². The molecule has 1 rings (SSSR count). The van der Waals surface area contributed by atoms with Crippen LogP contribution in [0.5, 0.6) is 0 Å². The topological polar surface area (TPSA) is 83.5 Å². The van der Waals surface area contributed by atoms with Gasteiger partial charge in [0.1, 0.15) is 6.04 Å². The summed E-state index contributed by atoms with van der Waals surface area (Å²) in [5, 5.41) is 8.97. The quantitative estimate of drug-likeness (QED) is 0.787. The molecule has 1 atom stereocenters. The largest absolute Gasteiger partial charge is 0.480 e. The molecule has 0 amide bonds. The van der Waals surface area contributed by atoms with Crippen LogP contribution in [-0.4, -0.2) is 37.5 Å². The number of rotatable bonds is 7. The molecule has 0 spiro atoms. The number of sulfonamides is 1. The minimum Gasteiger partial charge on any atom is -0.480 e. The van der Waals surface area contributed by atoms with Gasteiger partial charge in [0.05, 0.1) is 4.90 Å². The summed E-state index contributed by atoms with van der Waals surface area (Å²) in [4.78, 5) is 11.0. The molecule has 0 aliphatic heterocycles. The summed E-state index contributed by atoms with van der Waals surface area (Å²) in [6.07, 6.45) is 2.09. The van der Waals surface area contributed by atoms with Crippen molar-refractivity contribution in [3.63, 3.8) is 0 Å². The second kappa shape index (κ2) is 6.77. The van der Waals surface area contributed by atoms with Crippen molar-refractivity contribution in [1.82, 2.24) is 4.72 Å². The third kappa shape index (κ3) is 4.32. The van der Waals surface area contributed by atoms with E-state index in [1.807, 2.05) is 6.26 Å². The molecule has 1 aromatic rings. The standard InChI is InChI=1S/C11H15NO4S2/c1-17-8-7-10(11(13)14)12-18(15,16)9-5-3-2-4-6-9/h2-6,10,12H,7-8H2,1H3,(H,13,14). The SMILES string of the molecule is CSCCC(NS(=O)(=O)c1ccccc1)C(=O)O. The van der Waals surface area contributed by atoms with E-state index in [2.05, 4.69) is 4.72 Å². The molecule has 0 aromatic heterocycles. The molecule has 0 heterocycles. The van der Waals surface area contributed by atoms with E-state index in [1.54, 1.807) is 18.2 Å². The number of carboxylic acids is 1. The highest BCUT2D eigenvalue weighted by atomic mass is 32.2. The van der Waals surface area contributed by atoms with Gasteiger partial charge in [0.15, 0.2) is 0 Å². The molecule has 0 saturated heterocycles. The van der Waals surface area contributed by atoms with E-state index in [4.69, 9.17) is 5.11 Å². The van der Waals surface area contributed by atoms with Crippen LogP contribution in [0.3, 0.4) is 0 Å². The van der Waals surface area contributed by atoms with E-state index < -0.39 is 22.0 Å². The van der Waals surface area contributed by atoms with Gasteiger partial charge in [-0.15, -0.1) is 0 Å². The van der Waals surface area contributed by atoms with E-state index in [0.29, 0.717) is 5.75 Å². The molecule has 0 saturated carbocycles. The maximum absolute atomic E-state index is 11.9. The molecule has 0 aliphatic carbocycles. The Hall–Kier alpha value is -1.05. The summed E-state index contributed by atoms with van der Waals surface area (Å²) in [6.45, 7) is 0. The molecule has 0 aliphatic rings. The molecular formula is C11H15NO4S2. The first-order chi connectivity index (χ1) is 8.47. The number of carbonyl (C=O) groups is 1. The van der Waals surface area contributed by atoms with Crippen molar-refractivity contribution in [3.8, 4) is 0 Å². The Morgan fingerprint density at radius 3 is 2.50 bits per heavy atom. The van der Waals surface area contributed by atoms with E-state index in [9.17, 15) is 13.2 Å². The lowest BCUT2D eigenvalue weighted by atomic mass is 10.2. The van der Waals surface area contributed by atoms with Crippen LogP contribution in [0, 0.1) is 0 Å². The fourth-order valence-corrected chi connectivity index (χ4v) is 3.04. The van der Waals surface area contributed by atoms with E-state index in [0.717, 1.165) is 0 Å². The lowest BCUT2D eigenvalue weighted by Gasteiger charge is -2.14. The van der Waals surface area contributed by atoms with Gasteiger partial charge in [-0.3, -0.25) is 4.79 Å². The molecule has 100 valence electrons. The highest BCUT2D eigenvalue weighted by Crippen LogP contribution is 2.10. The lowest BCUT2D eigenvalue weighted by molar-refractivity contribution is -0.139. The van der Waals surface area contributed by atoms with E-state index in [-0.39, 0.29) is 11.3 Å². The average Bonchev–Trinajstić information content (AvgIpc) is 2.35. The molecule has 0 bridgehead atoms. The van der Waals surface area contributed by atoms with Gasteiger partial charge < -0.3 is 5.11 Å². The number of hydrogen-bond donors (Lipinski definition) is 2. The van der Waals surface area contributed by atoms with Crippen LogP contribution >= 0.6 is 11.8 Å². The Kier molecular flexibility index (Phi) is 5.64. The van der Waals surface area contributed by atoms with Crippen molar-refractivity contribution in [2.45, 2.75) is 17.4 Å². The van der Waals surface area contributed by atoms with Crippen LogP contribution in [0.1, 0.15) is 6.42 Å². The summed E-state index contributed by atoms with van der Waals surface area (Å²) in [6, 6.07) is 6.63. The van der Waals surface area contributed by atoms with Gasteiger partial charge in [-0.25, -0.2) is 8.42 Å². The number of nitrogens with one attached hydrogen (secondary N) is 1. The second-order valence-electron chi connectivity index (χ2n) is 3.61. The van der Waals surface area contributed by atoms with Gasteiger partial charge in [0.2, 0.25) is 10.0 Å². The Morgan fingerprint density at radius 1 is 1.39 bits per heavy atom. The lowest BCUT2D eigenvalue weighted by Crippen LogP contribution is -2.41. The Morgan fingerprint density at radius 2 is 2.00 bits per heavy atom. The third-order valence-corrected chi connectivity index (χ3v) is 4.39. The first kappa shape index (κ1) is 15.0. The van der Waals surface area contributed by atoms with E-state index >= 15 is 0 Å². The summed E-state index contributed by atoms with van der Waals surface area (Å²) in [5.74, 6) is -0.586. The summed E-state index contributed by atoms with van der Waals surface area (Å²) in [7, 11) is -3.78. The van der Waals surface area contributed by atoms with E-state index in [1.165, 1.54) is 23.9 Å². The number of benzene rings is 1. The van der Waals surface area contributed by atoms with Gasteiger partial charge in [0, 0.05) is 0 Å². The monoisotopic (exact) mass is 289 g/mol.